The molecule has 1 N–H and O–H groups in total. The molecule has 0 aromatic carbocycles. The highest BCUT2D eigenvalue weighted by atomic mass is 32.1. The van der Waals surface area contributed by atoms with Crippen molar-refractivity contribution in [2.75, 3.05) is 7.05 Å². The summed E-state index contributed by atoms with van der Waals surface area (Å²) in [5, 5.41) is 3.15. The maximum absolute atomic E-state index is 13.1. The second-order valence-corrected chi connectivity index (χ2v) is 4.35. The summed E-state index contributed by atoms with van der Waals surface area (Å²) in [7, 11) is 1.84. The summed E-state index contributed by atoms with van der Waals surface area (Å²) in [6, 6.07) is 1.45. The van der Waals surface area contributed by atoms with Gasteiger partial charge in [0.2, 0.25) is 0 Å². The molecule has 2 heterocycles. The molecule has 0 aliphatic heterocycles. The second-order valence-electron chi connectivity index (χ2n) is 3.46. The largest absolute Gasteiger partial charge is 0.309 e. The third-order valence-electron chi connectivity index (χ3n) is 2.39. The number of aromatic nitrogens is 2. The lowest BCUT2D eigenvalue weighted by Crippen LogP contribution is -2.17. The zero-order valence-corrected chi connectivity index (χ0v) is 9.88. The number of hydrogen-bond donors (Lipinski definition) is 1. The Hall–Kier alpha value is -1.33. The maximum atomic E-state index is 13.1. The molecule has 0 bridgehead atoms. The molecule has 1 unspecified atom stereocenters. The van der Waals surface area contributed by atoms with E-state index in [1.165, 1.54) is 12.3 Å². The molecule has 2 aromatic heterocycles. The van der Waals surface area contributed by atoms with Gasteiger partial charge >= 0.3 is 0 Å². The Kier molecular flexibility index (Phi) is 3.26. The van der Waals surface area contributed by atoms with Crippen molar-refractivity contribution < 1.29 is 4.39 Å². The molecule has 0 amide bonds. The first-order valence-corrected chi connectivity index (χ1v) is 5.78. The highest BCUT2D eigenvalue weighted by molar-refractivity contribution is 7.09. The SMILES string of the molecule is CNC(c1cncc(F)c1)c1scnc1C. The van der Waals surface area contributed by atoms with Crippen molar-refractivity contribution in [3.05, 3.63) is 45.9 Å². The Labute approximate surface area is 97.4 Å². The second kappa shape index (κ2) is 4.67. The van der Waals surface area contributed by atoms with E-state index in [-0.39, 0.29) is 11.9 Å². The Morgan fingerprint density at radius 2 is 2.25 bits per heavy atom. The summed E-state index contributed by atoms with van der Waals surface area (Å²) in [5.74, 6) is -0.320. The van der Waals surface area contributed by atoms with Gasteiger partial charge in [-0.25, -0.2) is 9.37 Å². The smallest absolute Gasteiger partial charge is 0.141 e. The Bertz CT molecular complexity index is 484. The van der Waals surface area contributed by atoms with Crippen LogP contribution in [0.5, 0.6) is 0 Å². The van der Waals surface area contributed by atoms with Gasteiger partial charge in [0.25, 0.3) is 0 Å². The fourth-order valence-electron chi connectivity index (χ4n) is 1.62. The number of thiazole rings is 1. The summed E-state index contributed by atoms with van der Waals surface area (Å²) in [4.78, 5) is 9.15. The van der Waals surface area contributed by atoms with Crippen molar-refractivity contribution in [2.45, 2.75) is 13.0 Å². The van der Waals surface area contributed by atoms with Crippen molar-refractivity contribution in [3.8, 4) is 0 Å². The van der Waals surface area contributed by atoms with Gasteiger partial charge in [-0.05, 0) is 25.6 Å². The molecule has 16 heavy (non-hydrogen) atoms. The van der Waals surface area contributed by atoms with Crippen LogP contribution < -0.4 is 5.32 Å². The van der Waals surface area contributed by atoms with E-state index in [1.807, 2.05) is 14.0 Å². The van der Waals surface area contributed by atoms with Crippen LogP contribution in [0.4, 0.5) is 4.39 Å². The first-order valence-electron chi connectivity index (χ1n) is 4.90. The molecule has 0 aliphatic carbocycles. The molecule has 0 spiro atoms. The van der Waals surface area contributed by atoms with Gasteiger partial charge in [-0.1, -0.05) is 0 Å². The minimum Gasteiger partial charge on any atom is -0.309 e. The van der Waals surface area contributed by atoms with Crippen molar-refractivity contribution in [1.82, 2.24) is 15.3 Å². The van der Waals surface area contributed by atoms with Crippen LogP contribution in [0.2, 0.25) is 0 Å². The molecular weight excluding hydrogens is 225 g/mol. The van der Waals surface area contributed by atoms with Gasteiger partial charge < -0.3 is 5.32 Å². The van der Waals surface area contributed by atoms with Crippen LogP contribution in [-0.4, -0.2) is 17.0 Å². The van der Waals surface area contributed by atoms with Gasteiger partial charge in [-0.2, -0.15) is 0 Å². The number of hydrogen-bond acceptors (Lipinski definition) is 4. The van der Waals surface area contributed by atoms with E-state index in [2.05, 4.69) is 15.3 Å². The summed E-state index contributed by atoms with van der Waals surface area (Å²) in [5.41, 5.74) is 3.57. The number of rotatable bonds is 3. The highest BCUT2D eigenvalue weighted by Crippen LogP contribution is 2.27. The number of pyridine rings is 1. The summed E-state index contributed by atoms with van der Waals surface area (Å²) >= 11 is 1.56. The molecule has 0 aliphatic rings. The van der Waals surface area contributed by atoms with E-state index in [9.17, 15) is 4.39 Å². The lowest BCUT2D eigenvalue weighted by molar-refractivity contribution is 0.609. The Morgan fingerprint density at radius 3 is 2.81 bits per heavy atom. The normalized spacial score (nSPS) is 12.7. The maximum Gasteiger partial charge on any atom is 0.141 e. The predicted molar refractivity (Wildman–Crippen MR) is 61.9 cm³/mol. The third kappa shape index (κ3) is 2.10. The summed E-state index contributed by atoms with van der Waals surface area (Å²) in [6.07, 6.45) is 2.87. The molecule has 0 saturated heterocycles. The Balaban J connectivity index is 2.40. The monoisotopic (exact) mass is 237 g/mol. The third-order valence-corrected chi connectivity index (χ3v) is 3.39. The topological polar surface area (TPSA) is 37.8 Å². The van der Waals surface area contributed by atoms with Gasteiger partial charge in [-0.15, -0.1) is 11.3 Å². The molecule has 0 radical (unpaired) electrons. The fourth-order valence-corrected chi connectivity index (χ4v) is 2.56. The molecule has 84 valence electrons. The fraction of sp³-hybridized carbons (Fsp3) is 0.273. The predicted octanol–water partition coefficient (Wildman–Crippen LogP) is 2.29. The van der Waals surface area contributed by atoms with Crippen LogP contribution in [0.25, 0.3) is 0 Å². The molecule has 2 rings (SSSR count). The van der Waals surface area contributed by atoms with Crippen molar-refractivity contribution in [2.24, 2.45) is 0 Å². The molecule has 5 heteroatoms. The van der Waals surface area contributed by atoms with Crippen LogP contribution >= 0.6 is 11.3 Å². The van der Waals surface area contributed by atoms with Gasteiger partial charge in [0, 0.05) is 11.1 Å². The van der Waals surface area contributed by atoms with E-state index in [0.29, 0.717) is 0 Å². The first kappa shape index (κ1) is 11.2. The molecular formula is C11H12FN3S. The minimum atomic E-state index is -0.320. The van der Waals surface area contributed by atoms with Crippen LogP contribution in [0.15, 0.2) is 24.0 Å². The van der Waals surface area contributed by atoms with Crippen LogP contribution in [0.1, 0.15) is 22.2 Å². The van der Waals surface area contributed by atoms with Crippen LogP contribution in [0.3, 0.4) is 0 Å². The number of nitrogens with one attached hydrogen (secondary N) is 1. The average Bonchev–Trinajstić information content (AvgIpc) is 2.67. The number of aryl methyl sites for hydroxylation is 1. The van der Waals surface area contributed by atoms with Crippen LogP contribution in [0, 0.1) is 12.7 Å². The molecule has 2 aromatic rings. The average molecular weight is 237 g/mol. The molecule has 1 atom stereocenters. The summed E-state index contributed by atoms with van der Waals surface area (Å²) < 4.78 is 13.1. The van der Waals surface area contributed by atoms with Crippen molar-refractivity contribution in [3.63, 3.8) is 0 Å². The van der Waals surface area contributed by atoms with E-state index >= 15 is 0 Å². The van der Waals surface area contributed by atoms with Gasteiger partial charge in [0.15, 0.2) is 0 Å². The van der Waals surface area contributed by atoms with Crippen molar-refractivity contribution in [1.29, 1.82) is 0 Å². The highest BCUT2D eigenvalue weighted by Gasteiger charge is 2.17. The van der Waals surface area contributed by atoms with E-state index in [1.54, 1.807) is 23.0 Å². The zero-order valence-electron chi connectivity index (χ0n) is 9.07. The van der Waals surface area contributed by atoms with E-state index < -0.39 is 0 Å². The standard InChI is InChI=1S/C11H12FN3S/c1-7-11(16-6-15-7)10(13-2)8-3-9(12)5-14-4-8/h3-6,10,13H,1-2H3. The van der Waals surface area contributed by atoms with E-state index in [4.69, 9.17) is 0 Å². The quantitative estimate of drug-likeness (QED) is 0.890. The van der Waals surface area contributed by atoms with E-state index in [0.717, 1.165) is 16.1 Å². The molecule has 0 saturated carbocycles. The van der Waals surface area contributed by atoms with Gasteiger partial charge in [0.1, 0.15) is 5.82 Å². The minimum absolute atomic E-state index is 0.0456. The summed E-state index contributed by atoms with van der Waals surface area (Å²) in [6.45, 7) is 1.95. The van der Waals surface area contributed by atoms with Crippen molar-refractivity contribution >= 4 is 11.3 Å². The van der Waals surface area contributed by atoms with Crippen LogP contribution in [-0.2, 0) is 0 Å². The molecule has 3 nitrogen and oxygen atoms in total. The number of nitrogens with zero attached hydrogens (tertiary/aromatic N) is 2. The van der Waals surface area contributed by atoms with Gasteiger partial charge in [-0.3, -0.25) is 4.98 Å². The number of halogens is 1. The van der Waals surface area contributed by atoms with Gasteiger partial charge in [0.05, 0.1) is 23.4 Å². The Morgan fingerprint density at radius 1 is 1.44 bits per heavy atom. The zero-order chi connectivity index (χ0) is 11.5. The molecule has 0 fully saturated rings. The lowest BCUT2D eigenvalue weighted by atomic mass is 10.1. The lowest BCUT2D eigenvalue weighted by Gasteiger charge is -2.15. The first-order chi connectivity index (χ1) is 7.72.